The molecule has 15 heavy (non-hydrogen) atoms. The van der Waals surface area contributed by atoms with Gasteiger partial charge in [-0.25, -0.2) is 4.79 Å². The summed E-state index contributed by atoms with van der Waals surface area (Å²) in [4.78, 5) is 11.4. The van der Waals surface area contributed by atoms with Crippen molar-refractivity contribution in [2.45, 2.75) is 33.3 Å². The van der Waals surface area contributed by atoms with E-state index in [-0.39, 0.29) is 12.3 Å². The first-order valence-corrected chi connectivity index (χ1v) is 4.93. The minimum absolute atomic E-state index is 0.138. The van der Waals surface area contributed by atoms with E-state index in [1.165, 1.54) is 0 Å². The normalized spacial score (nSPS) is 12.5. The van der Waals surface area contributed by atoms with Crippen LogP contribution in [0.25, 0.3) is 0 Å². The van der Waals surface area contributed by atoms with Crippen molar-refractivity contribution < 1.29 is 19.2 Å². The molecule has 0 aromatic carbocycles. The maximum atomic E-state index is 11.4. The number of hydrogen-bond acceptors (Lipinski definition) is 5. The fraction of sp³-hybridized carbons (Fsp3) is 0.600. The molecule has 0 radical (unpaired) electrons. The molecule has 0 saturated heterocycles. The van der Waals surface area contributed by atoms with Crippen molar-refractivity contribution in [3.8, 4) is 0 Å². The first kappa shape index (κ1) is 11.7. The summed E-state index contributed by atoms with van der Waals surface area (Å²) in [5.41, 5.74) is 0.683. The van der Waals surface area contributed by atoms with Crippen molar-refractivity contribution in [3.05, 3.63) is 17.0 Å². The molecule has 0 fully saturated rings. The first-order valence-electron chi connectivity index (χ1n) is 4.93. The summed E-state index contributed by atoms with van der Waals surface area (Å²) in [6, 6.07) is 0. The van der Waals surface area contributed by atoms with Gasteiger partial charge in [-0.15, -0.1) is 0 Å². The lowest BCUT2D eigenvalue weighted by Crippen LogP contribution is -2.07. The molecule has 5 nitrogen and oxygen atoms in total. The zero-order valence-electron chi connectivity index (χ0n) is 9.11. The Kier molecular flexibility index (Phi) is 3.85. The van der Waals surface area contributed by atoms with Crippen LogP contribution in [0.3, 0.4) is 0 Å². The van der Waals surface area contributed by atoms with E-state index < -0.39 is 12.1 Å². The van der Waals surface area contributed by atoms with Gasteiger partial charge >= 0.3 is 5.97 Å². The van der Waals surface area contributed by atoms with E-state index in [1.807, 2.05) is 6.92 Å². The highest BCUT2D eigenvalue weighted by atomic mass is 16.5. The molecule has 0 aliphatic heterocycles. The van der Waals surface area contributed by atoms with Gasteiger partial charge in [0.2, 0.25) is 0 Å². The molecule has 1 heterocycles. The molecule has 1 atom stereocenters. The molecule has 1 N–H and O–H groups in total. The standard InChI is InChI=1S/C10H15NO4/c1-4-7(12)9-6(3)8(11-15-9)10(13)14-5-2/h7,12H,4-5H2,1-3H3/t7-/m1/s1. The predicted octanol–water partition coefficient (Wildman–Crippen LogP) is 1.60. The van der Waals surface area contributed by atoms with E-state index >= 15 is 0 Å². The highest BCUT2D eigenvalue weighted by Crippen LogP contribution is 2.23. The Morgan fingerprint density at radius 1 is 1.60 bits per heavy atom. The Labute approximate surface area is 88.0 Å². The molecular formula is C10H15NO4. The van der Waals surface area contributed by atoms with Crippen molar-refractivity contribution in [1.29, 1.82) is 0 Å². The van der Waals surface area contributed by atoms with E-state index in [2.05, 4.69) is 5.16 Å². The molecule has 0 spiro atoms. The maximum absolute atomic E-state index is 11.4. The fourth-order valence-electron chi connectivity index (χ4n) is 1.23. The van der Waals surface area contributed by atoms with Crippen LogP contribution in [0.5, 0.6) is 0 Å². The van der Waals surface area contributed by atoms with Gasteiger partial charge in [-0.3, -0.25) is 0 Å². The molecule has 1 aromatic rings. The maximum Gasteiger partial charge on any atom is 0.360 e. The smallest absolute Gasteiger partial charge is 0.360 e. The van der Waals surface area contributed by atoms with Crippen LogP contribution < -0.4 is 0 Å². The molecule has 1 aromatic heterocycles. The average Bonchev–Trinajstić information content (AvgIpc) is 2.59. The Morgan fingerprint density at radius 2 is 2.27 bits per heavy atom. The summed E-state index contributed by atoms with van der Waals surface area (Å²) in [6.45, 7) is 5.50. The summed E-state index contributed by atoms with van der Waals surface area (Å²) in [7, 11) is 0. The zero-order valence-corrected chi connectivity index (χ0v) is 9.11. The molecular weight excluding hydrogens is 198 g/mol. The molecule has 84 valence electrons. The van der Waals surface area contributed by atoms with Gasteiger partial charge in [0.25, 0.3) is 0 Å². The monoisotopic (exact) mass is 213 g/mol. The minimum Gasteiger partial charge on any atom is -0.461 e. The number of carbonyl (C=O) groups excluding carboxylic acids is 1. The van der Waals surface area contributed by atoms with Crippen molar-refractivity contribution in [1.82, 2.24) is 5.16 Å². The quantitative estimate of drug-likeness (QED) is 0.769. The van der Waals surface area contributed by atoms with Crippen LogP contribution in [0.2, 0.25) is 0 Å². The van der Waals surface area contributed by atoms with Gasteiger partial charge in [-0.2, -0.15) is 0 Å². The Hall–Kier alpha value is -1.36. The van der Waals surface area contributed by atoms with Gasteiger partial charge < -0.3 is 14.4 Å². The molecule has 0 aliphatic rings. The highest BCUT2D eigenvalue weighted by Gasteiger charge is 2.23. The summed E-state index contributed by atoms with van der Waals surface area (Å²) in [6.07, 6.45) is -0.209. The third-order valence-corrected chi connectivity index (χ3v) is 2.12. The van der Waals surface area contributed by atoms with Crippen LogP contribution >= 0.6 is 0 Å². The highest BCUT2D eigenvalue weighted by molar-refractivity contribution is 5.88. The van der Waals surface area contributed by atoms with Gasteiger partial charge in [0.05, 0.1) is 6.61 Å². The van der Waals surface area contributed by atoms with Gasteiger partial charge in [0.1, 0.15) is 6.10 Å². The molecule has 0 unspecified atom stereocenters. The number of rotatable bonds is 4. The third-order valence-electron chi connectivity index (χ3n) is 2.12. The number of aliphatic hydroxyl groups excluding tert-OH is 1. The van der Waals surface area contributed by atoms with Crippen LogP contribution in [0, 0.1) is 6.92 Å². The minimum atomic E-state index is -0.722. The van der Waals surface area contributed by atoms with E-state index in [0.29, 0.717) is 17.7 Å². The largest absolute Gasteiger partial charge is 0.461 e. The van der Waals surface area contributed by atoms with E-state index in [0.717, 1.165) is 0 Å². The Balaban J connectivity index is 2.93. The summed E-state index contributed by atoms with van der Waals surface area (Å²) < 4.78 is 9.71. The second-order valence-corrected chi connectivity index (χ2v) is 3.16. The first-order chi connectivity index (χ1) is 7.11. The topological polar surface area (TPSA) is 72.6 Å². The lowest BCUT2D eigenvalue weighted by atomic mass is 10.1. The second-order valence-electron chi connectivity index (χ2n) is 3.16. The molecule has 0 bridgehead atoms. The van der Waals surface area contributed by atoms with Crippen molar-refractivity contribution >= 4 is 5.97 Å². The van der Waals surface area contributed by atoms with Gasteiger partial charge in [-0.05, 0) is 20.3 Å². The van der Waals surface area contributed by atoms with Crippen LogP contribution in [-0.4, -0.2) is 22.8 Å². The Morgan fingerprint density at radius 3 is 2.80 bits per heavy atom. The lowest BCUT2D eigenvalue weighted by molar-refractivity contribution is 0.0513. The molecule has 0 saturated carbocycles. The van der Waals surface area contributed by atoms with Crippen molar-refractivity contribution in [2.75, 3.05) is 6.61 Å². The van der Waals surface area contributed by atoms with Crippen molar-refractivity contribution in [3.63, 3.8) is 0 Å². The number of ether oxygens (including phenoxy) is 1. The van der Waals surface area contributed by atoms with Gasteiger partial charge in [0, 0.05) is 5.56 Å². The number of carbonyl (C=O) groups is 1. The van der Waals surface area contributed by atoms with Crippen LogP contribution in [0.1, 0.15) is 48.2 Å². The fourth-order valence-corrected chi connectivity index (χ4v) is 1.23. The second kappa shape index (κ2) is 4.93. The number of esters is 1. The van der Waals surface area contributed by atoms with Crippen LogP contribution in [0.15, 0.2) is 4.52 Å². The van der Waals surface area contributed by atoms with E-state index in [9.17, 15) is 9.90 Å². The van der Waals surface area contributed by atoms with E-state index in [4.69, 9.17) is 9.26 Å². The zero-order chi connectivity index (χ0) is 11.4. The van der Waals surface area contributed by atoms with Crippen LogP contribution in [0.4, 0.5) is 0 Å². The van der Waals surface area contributed by atoms with Gasteiger partial charge in [0.15, 0.2) is 11.5 Å². The molecule has 1 rings (SSSR count). The lowest BCUT2D eigenvalue weighted by Gasteiger charge is -2.03. The van der Waals surface area contributed by atoms with Crippen LogP contribution in [-0.2, 0) is 4.74 Å². The SMILES string of the molecule is CCOC(=O)c1noc([C@H](O)CC)c1C. The number of hydrogen-bond donors (Lipinski definition) is 1. The molecule has 0 aliphatic carbocycles. The molecule has 0 amide bonds. The number of aliphatic hydroxyl groups is 1. The third kappa shape index (κ3) is 2.36. The Bertz CT molecular complexity index is 345. The summed E-state index contributed by atoms with van der Waals surface area (Å²) in [5, 5.41) is 13.1. The average molecular weight is 213 g/mol. The molecule has 5 heteroatoms. The van der Waals surface area contributed by atoms with E-state index in [1.54, 1.807) is 13.8 Å². The predicted molar refractivity (Wildman–Crippen MR) is 52.4 cm³/mol. The summed E-state index contributed by atoms with van der Waals surface area (Å²) in [5.74, 6) is -0.186. The van der Waals surface area contributed by atoms with Gasteiger partial charge in [-0.1, -0.05) is 12.1 Å². The number of nitrogens with zero attached hydrogens (tertiary/aromatic N) is 1. The summed E-state index contributed by atoms with van der Waals surface area (Å²) >= 11 is 0. The number of aromatic nitrogens is 1. The van der Waals surface area contributed by atoms with Crippen molar-refractivity contribution in [2.24, 2.45) is 0 Å².